The van der Waals surface area contributed by atoms with E-state index in [-0.39, 0.29) is 5.88 Å². The molecule has 1 aliphatic carbocycles. The molecular formula is C23H18N4O3S. The van der Waals surface area contributed by atoms with Gasteiger partial charge in [0.2, 0.25) is 17.4 Å². The van der Waals surface area contributed by atoms with Crippen LogP contribution in [0.3, 0.4) is 0 Å². The first-order chi connectivity index (χ1) is 15.1. The number of rotatable bonds is 3. The Kier molecular flexibility index (Phi) is 4.83. The van der Waals surface area contributed by atoms with E-state index in [1.807, 2.05) is 54.6 Å². The molecular weight excluding hydrogens is 412 g/mol. The summed E-state index contributed by atoms with van der Waals surface area (Å²) in [5, 5.41) is 16.5. The van der Waals surface area contributed by atoms with Crippen LogP contribution >= 0.6 is 11.8 Å². The second-order valence-corrected chi connectivity index (χ2v) is 8.11. The topological polar surface area (TPSA) is 94.0 Å². The third-order valence-electron chi connectivity index (χ3n) is 5.11. The van der Waals surface area contributed by atoms with Gasteiger partial charge in [-0.2, -0.15) is 4.99 Å². The van der Waals surface area contributed by atoms with Gasteiger partial charge in [0.1, 0.15) is 11.9 Å². The highest BCUT2D eigenvalue weighted by Gasteiger charge is 2.37. The largest absolute Gasteiger partial charge is 0.492 e. The van der Waals surface area contributed by atoms with Crippen molar-refractivity contribution in [3.8, 4) is 0 Å². The number of para-hydroxylation sites is 1. The number of anilines is 1. The number of hydrogen-bond acceptors (Lipinski definition) is 8. The van der Waals surface area contributed by atoms with Crippen LogP contribution in [0.1, 0.15) is 11.1 Å². The normalized spacial score (nSPS) is 19.7. The second kappa shape index (κ2) is 7.81. The smallest absolute Gasteiger partial charge is 0.240 e. The molecule has 7 nitrogen and oxygen atoms in total. The number of aliphatic imine (C=N–C) groups is 1. The zero-order valence-electron chi connectivity index (χ0n) is 16.3. The summed E-state index contributed by atoms with van der Waals surface area (Å²) in [6, 6.07) is 17.5. The van der Waals surface area contributed by atoms with Crippen molar-refractivity contribution in [1.82, 2.24) is 10.4 Å². The molecule has 1 atom stereocenters. The summed E-state index contributed by atoms with van der Waals surface area (Å²) in [4.78, 5) is 28.0. The van der Waals surface area contributed by atoms with Crippen LogP contribution in [-0.4, -0.2) is 33.0 Å². The summed E-state index contributed by atoms with van der Waals surface area (Å²) in [6.45, 7) is 0. The average Bonchev–Trinajstić information content (AvgIpc) is 2.79. The third kappa shape index (κ3) is 3.62. The van der Waals surface area contributed by atoms with Gasteiger partial charge in [-0.3, -0.25) is 20.0 Å². The number of fused-ring (bicyclic) bond motifs is 3. The lowest BCUT2D eigenvalue weighted by atomic mass is 9.98. The van der Waals surface area contributed by atoms with Gasteiger partial charge >= 0.3 is 0 Å². The molecule has 2 aromatic carbocycles. The summed E-state index contributed by atoms with van der Waals surface area (Å²) in [6.07, 6.45) is 3.69. The molecule has 0 bridgehead atoms. The van der Waals surface area contributed by atoms with E-state index in [0.717, 1.165) is 16.8 Å². The van der Waals surface area contributed by atoms with Gasteiger partial charge in [-0.25, -0.2) is 0 Å². The number of nitrogens with zero attached hydrogens (tertiary/aromatic N) is 2. The van der Waals surface area contributed by atoms with Crippen LogP contribution in [0, 0.1) is 0 Å². The van der Waals surface area contributed by atoms with Crippen molar-refractivity contribution in [3.05, 3.63) is 95.4 Å². The third-order valence-corrected chi connectivity index (χ3v) is 6.04. The molecule has 0 amide bonds. The van der Waals surface area contributed by atoms with Gasteiger partial charge in [-0.05, 0) is 23.8 Å². The highest BCUT2D eigenvalue weighted by Crippen LogP contribution is 2.39. The molecule has 0 unspecified atom stereocenters. The number of thioether (sulfide) groups is 1. The Morgan fingerprint density at radius 1 is 1.00 bits per heavy atom. The number of benzene rings is 2. The molecule has 0 aromatic heterocycles. The van der Waals surface area contributed by atoms with Gasteiger partial charge in [0.15, 0.2) is 5.17 Å². The Morgan fingerprint density at radius 2 is 1.77 bits per heavy atom. The fourth-order valence-electron chi connectivity index (χ4n) is 3.63. The van der Waals surface area contributed by atoms with Crippen molar-refractivity contribution < 1.29 is 14.7 Å². The molecule has 2 heterocycles. The molecule has 0 spiro atoms. The molecule has 0 saturated heterocycles. The van der Waals surface area contributed by atoms with Crippen LogP contribution in [0.4, 0.5) is 5.69 Å². The van der Waals surface area contributed by atoms with E-state index in [1.165, 1.54) is 23.9 Å². The van der Waals surface area contributed by atoms with Crippen LogP contribution in [0.2, 0.25) is 0 Å². The second-order valence-electron chi connectivity index (χ2n) is 7.14. The number of ketones is 2. The molecule has 0 radical (unpaired) electrons. The van der Waals surface area contributed by atoms with E-state index in [9.17, 15) is 14.7 Å². The zero-order valence-corrected chi connectivity index (χ0v) is 17.1. The van der Waals surface area contributed by atoms with E-state index in [1.54, 1.807) is 11.1 Å². The van der Waals surface area contributed by atoms with Gasteiger partial charge in [0.25, 0.3) is 0 Å². The molecule has 154 valence electrons. The molecule has 3 aliphatic rings. The fourth-order valence-corrected chi connectivity index (χ4v) is 4.44. The fraction of sp³-hybridized carbons (Fsp3) is 0.0870. The minimum Gasteiger partial charge on any atom is -0.492 e. The van der Waals surface area contributed by atoms with Crippen molar-refractivity contribution in [2.45, 2.75) is 11.9 Å². The van der Waals surface area contributed by atoms with Crippen molar-refractivity contribution in [2.75, 3.05) is 5.32 Å². The van der Waals surface area contributed by atoms with E-state index in [2.05, 4.69) is 15.7 Å². The number of amidine groups is 1. The van der Waals surface area contributed by atoms with Crippen molar-refractivity contribution in [3.63, 3.8) is 0 Å². The van der Waals surface area contributed by atoms with Gasteiger partial charge in [-0.1, -0.05) is 66.4 Å². The van der Waals surface area contributed by atoms with E-state index >= 15 is 0 Å². The quantitative estimate of drug-likeness (QED) is 0.508. The lowest BCUT2D eigenvalue weighted by Gasteiger charge is -2.43. The molecule has 3 N–H and O–H groups in total. The molecule has 0 saturated carbocycles. The van der Waals surface area contributed by atoms with E-state index in [4.69, 9.17) is 0 Å². The molecule has 2 aliphatic heterocycles. The Hall–Kier alpha value is -3.78. The number of aliphatic hydroxyl groups is 1. The lowest BCUT2D eigenvalue weighted by Crippen LogP contribution is -2.54. The number of nitrogens with one attached hydrogen (secondary N) is 2. The van der Waals surface area contributed by atoms with Crippen LogP contribution in [-0.2, 0) is 15.3 Å². The van der Waals surface area contributed by atoms with Gasteiger partial charge < -0.3 is 10.4 Å². The number of hydrazine groups is 1. The minimum absolute atomic E-state index is 0.115. The highest BCUT2D eigenvalue weighted by molar-refractivity contribution is 8.13. The number of allylic oxidation sites excluding steroid dienone is 2. The monoisotopic (exact) mass is 430 g/mol. The van der Waals surface area contributed by atoms with E-state index in [0.29, 0.717) is 22.2 Å². The predicted molar refractivity (Wildman–Crippen MR) is 121 cm³/mol. The summed E-state index contributed by atoms with van der Waals surface area (Å²) < 4.78 is 0. The van der Waals surface area contributed by atoms with Crippen LogP contribution in [0.15, 0.2) is 89.3 Å². The number of hydrogen-bond donors (Lipinski definition) is 3. The molecule has 8 heteroatoms. The van der Waals surface area contributed by atoms with Crippen molar-refractivity contribution in [2.24, 2.45) is 4.99 Å². The Labute approximate surface area is 182 Å². The van der Waals surface area contributed by atoms with Crippen molar-refractivity contribution in [1.29, 1.82) is 0 Å². The number of carbonyl (C=O) groups excluding carboxylic acids is 2. The average molecular weight is 430 g/mol. The standard InChI is InChI=1S/C23H18N4O3S/c28-18-11-10-15(12-19(18)29)21-24-17-9-5-4-8-16(17)20-22(30)25-23(26-27(20)21)31-13-14-6-2-1-3-7-14/h1-12,21,24,30H,13H2,(H,25,26)/t21-/m1/s1. The molecule has 31 heavy (non-hydrogen) atoms. The number of carbonyl (C=O) groups is 2. The Morgan fingerprint density at radius 3 is 2.58 bits per heavy atom. The Balaban J connectivity index is 1.51. The van der Waals surface area contributed by atoms with Gasteiger partial charge in [0.05, 0.1) is 0 Å². The zero-order chi connectivity index (χ0) is 21.4. The van der Waals surface area contributed by atoms with Crippen LogP contribution in [0.5, 0.6) is 0 Å². The molecule has 2 aromatic rings. The van der Waals surface area contributed by atoms with Crippen LogP contribution in [0.25, 0.3) is 5.70 Å². The van der Waals surface area contributed by atoms with Crippen molar-refractivity contribution >= 4 is 39.9 Å². The SMILES string of the molecule is O=C1C=CC([C@@H]2Nc3ccccc3C3=C(O)N=C(SCc4ccccc4)NN32)=CC1=O. The lowest BCUT2D eigenvalue weighted by molar-refractivity contribution is -0.131. The molecule has 0 fully saturated rings. The first-order valence-electron chi connectivity index (χ1n) is 9.68. The predicted octanol–water partition coefficient (Wildman–Crippen LogP) is 3.37. The van der Waals surface area contributed by atoms with E-state index < -0.39 is 17.7 Å². The first kappa shape index (κ1) is 19.2. The maximum absolute atomic E-state index is 12.0. The summed E-state index contributed by atoms with van der Waals surface area (Å²) in [5.41, 5.74) is 7.07. The maximum atomic E-state index is 12.0. The van der Waals surface area contributed by atoms with Gasteiger partial charge in [0, 0.05) is 22.6 Å². The first-order valence-corrected chi connectivity index (χ1v) is 10.7. The minimum atomic E-state index is -0.572. The molecule has 5 rings (SSSR count). The highest BCUT2D eigenvalue weighted by atomic mass is 32.2. The number of aliphatic hydroxyl groups excluding tert-OH is 1. The summed E-state index contributed by atoms with van der Waals surface area (Å²) in [7, 11) is 0. The maximum Gasteiger partial charge on any atom is 0.240 e. The Bertz CT molecular complexity index is 1200. The summed E-state index contributed by atoms with van der Waals surface area (Å²) in [5.74, 6) is -0.563. The summed E-state index contributed by atoms with van der Waals surface area (Å²) >= 11 is 1.46. The van der Waals surface area contributed by atoms with Crippen LogP contribution < -0.4 is 10.7 Å². The van der Waals surface area contributed by atoms with Gasteiger partial charge in [-0.15, -0.1) is 0 Å².